The maximum absolute atomic E-state index is 12.0. The number of hydrogen-bond donors (Lipinski definition) is 0. The molecular weight excluding hydrogens is 222 g/mol. The molecule has 0 atom stereocenters. The second kappa shape index (κ2) is 5.61. The Labute approximate surface area is 101 Å². The summed E-state index contributed by atoms with van der Waals surface area (Å²) in [6, 6.07) is 0. The van der Waals surface area contributed by atoms with Gasteiger partial charge in [0.25, 0.3) is 5.78 Å². The first kappa shape index (κ1) is 15.3. The van der Waals surface area contributed by atoms with Crippen molar-refractivity contribution < 1.29 is 19.1 Å². The van der Waals surface area contributed by atoms with Gasteiger partial charge in [-0.25, -0.2) is 4.79 Å². The summed E-state index contributed by atoms with van der Waals surface area (Å²) in [6.45, 7) is 5.05. The zero-order valence-corrected chi connectivity index (χ0v) is 11.2. The summed E-state index contributed by atoms with van der Waals surface area (Å²) in [5.74, 6) is -2.33. The molecule has 0 aromatic heterocycles. The van der Waals surface area contributed by atoms with E-state index in [1.54, 1.807) is 39.8 Å². The SMILES string of the molecule is COC(=O)C(=O)/C(=C\N(C)C)C(=O)C(C)(C)C. The number of rotatable bonds is 4. The zero-order chi connectivity index (χ0) is 13.8. The Hall–Kier alpha value is -1.65. The van der Waals surface area contributed by atoms with Crippen molar-refractivity contribution in [2.24, 2.45) is 5.41 Å². The average Bonchev–Trinajstić information content (AvgIpc) is 2.21. The van der Waals surface area contributed by atoms with Crippen molar-refractivity contribution in [1.29, 1.82) is 0 Å². The maximum Gasteiger partial charge on any atom is 0.379 e. The molecule has 0 aromatic rings. The Morgan fingerprint density at radius 1 is 1.12 bits per heavy atom. The van der Waals surface area contributed by atoms with Gasteiger partial charge in [0.2, 0.25) is 0 Å². The van der Waals surface area contributed by atoms with Crippen molar-refractivity contribution >= 4 is 17.5 Å². The number of carbonyl (C=O) groups is 3. The van der Waals surface area contributed by atoms with Gasteiger partial charge in [-0.3, -0.25) is 9.59 Å². The Balaban J connectivity index is 5.40. The predicted molar refractivity (Wildman–Crippen MR) is 63.3 cm³/mol. The number of Topliss-reactive ketones (excluding diaryl/α,β-unsaturated/α-hetero) is 2. The molecule has 0 amide bonds. The Morgan fingerprint density at radius 3 is 1.88 bits per heavy atom. The van der Waals surface area contributed by atoms with Crippen LogP contribution in [0.15, 0.2) is 11.8 Å². The van der Waals surface area contributed by atoms with E-state index in [4.69, 9.17) is 0 Å². The van der Waals surface area contributed by atoms with E-state index < -0.39 is 17.2 Å². The third kappa shape index (κ3) is 4.38. The molecule has 5 nitrogen and oxygen atoms in total. The van der Waals surface area contributed by atoms with Crippen LogP contribution in [0.4, 0.5) is 0 Å². The summed E-state index contributed by atoms with van der Waals surface area (Å²) in [5, 5.41) is 0. The molecule has 0 spiro atoms. The van der Waals surface area contributed by atoms with Gasteiger partial charge in [-0.05, 0) is 0 Å². The highest BCUT2D eigenvalue weighted by Crippen LogP contribution is 2.21. The fourth-order valence-electron chi connectivity index (χ4n) is 1.09. The summed E-state index contributed by atoms with van der Waals surface area (Å²) >= 11 is 0. The summed E-state index contributed by atoms with van der Waals surface area (Å²) in [6.07, 6.45) is 1.34. The quantitative estimate of drug-likeness (QED) is 0.239. The highest BCUT2D eigenvalue weighted by Gasteiger charge is 2.32. The highest BCUT2D eigenvalue weighted by molar-refractivity contribution is 6.47. The second-order valence-corrected chi connectivity index (χ2v) is 4.91. The summed E-state index contributed by atoms with van der Waals surface area (Å²) < 4.78 is 4.34. The minimum Gasteiger partial charge on any atom is -0.463 e. The molecule has 0 aliphatic carbocycles. The van der Waals surface area contributed by atoms with Crippen LogP contribution in [0.3, 0.4) is 0 Å². The molecule has 0 aliphatic heterocycles. The van der Waals surface area contributed by atoms with E-state index in [2.05, 4.69) is 4.74 Å². The number of ether oxygens (including phenoxy) is 1. The number of esters is 1. The van der Waals surface area contributed by atoms with Crippen LogP contribution >= 0.6 is 0 Å². The van der Waals surface area contributed by atoms with Crippen LogP contribution in [0.25, 0.3) is 0 Å². The Kier molecular flexibility index (Phi) is 5.07. The van der Waals surface area contributed by atoms with Crippen LogP contribution in [0.5, 0.6) is 0 Å². The molecule has 0 saturated carbocycles. The van der Waals surface area contributed by atoms with Crippen molar-refractivity contribution in [2.45, 2.75) is 20.8 Å². The lowest BCUT2D eigenvalue weighted by atomic mass is 9.85. The van der Waals surface area contributed by atoms with Gasteiger partial charge in [0, 0.05) is 25.7 Å². The fraction of sp³-hybridized carbons (Fsp3) is 0.583. The van der Waals surface area contributed by atoms with Gasteiger partial charge in [0.1, 0.15) is 0 Å². The summed E-state index contributed by atoms with van der Waals surface area (Å²) in [5.41, 5.74) is -0.889. The molecule has 0 rings (SSSR count). The third-order valence-electron chi connectivity index (χ3n) is 1.93. The van der Waals surface area contributed by atoms with E-state index in [1.165, 1.54) is 6.20 Å². The van der Waals surface area contributed by atoms with Gasteiger partial charge >= 0.3 is 5.97 Å². The normalized spacial score (nSPS) is 12.0. The topological polar surface area (TPSA) is 63.7 Å². The van der Waals surface area contributed by atoms with Gasteiger partial charge in [0.15, 0.2) is 5.78 Å². The molecule has 0 N–H and O–H groups in total. The molecule has 0 fully saturated rings. The first-order valence-corrected chi connectivity index (χ1v) is 5.17. The molecular formula is C12H19NO4. The van der Waals surface area contributed by atoms with E-state index in [1.807, 2.05) is 0 Å². The van der Waals surface area contributed by atoms with E-state index in [0.29, 0.717) is 0 Å². The largest absolute Gasteiger partial charge is 0.463 e. The highest BCUT2D eigenvalue weighted by atomic mass is 16.5. The molecule has 0 aliphatic rings. The Bertz CT molecular complexity index is 361. The van der Waals surface area contributed by atoms with Crippen LogP contribution in [0.1, 0.15) is 20.8 Å². The van der Waals surface area contributed by atoms with Gasteiger partial charge in [-0.2, -0.15) is 0 Å². The molecule has 0 radical (unpaired) electrons. The van der Waals surface area contributed by atoms with Gasteiger partial charge in [-0.1, -0.05) is 20.8 Å². The van der Waals surface area contributed by atoms with E-state index in [0.717, 1.165) is 7.11 Å². The first-order chi connectivity index (χ1) is 7.61. The smallest absolute Gasteiger partial charge is 0.379 e. The second-order valence-electron chi connectivity index (χ2n) is 4.91. The minimum atomic E-state index is -1.03. The summed E-state index contributed by atoms with van der Waals surface area (Å²) in [7, 11) is 4.44. The monoisotopic (exact) mass is 241 g/mol. The van der Waals surface area contributed by atoms with E-state index >= 15 is 0 Å². The van der Waals surface area contributed by atoms with Crippen molar-refractivity contribution in [3.63, 3.8) is 0 Å². The van der Waals surface area contributed by atoms with Crippen molar-refractivity contribution in [1.82, 2.24) is 4.90 Å². The fourth-order valence-corrected chi connectivity index (χ4v) is 1.09. The lowest BCUT2D eigenvalue weighted by Gasteiger charge is -2.19. The van der Waals surface area contributed by atoms with Crippen molar-refractivity contribution in [2.75, 3.05) is 21.2 Å². The van der Waals surface area contributed by atoms with Crippen molar-refractivity contribution in [3.8, 4) is 0 Å². The van der Waals surface area contributed by atoms with E-state index in [-0.39, 0.29) is 11.4 Å². The predicted octanol–water partition coefficient (Wildman–Crippen LogP) is 0.789. The third-order valence-corrected chi connectivity index (χ3v) is 1.93. The van der Waals surface area contributed by atoms with Gasteiger partial charge < -0.3 is 9.64 Å². The van der Waals surface area contributed by atoms with Crippen LogP contribution in [0, 0.1) is 5.41 Å². The Morgan fingerprint density at radius 2 is 1.59 bits per heavy atom. The summed E-state index contributed by atoms with van der Waals surface area (Å²) in [4.78, 5) is 36.5. The molecule has 5 heteroatoms. The molecule has 0 bridgehead atoms. The molecule has 0 aromatic carbocycles. The van der Waals surface area contributed by atoms with E-state index in [9.17, 15) is 14.4 Å². The first-order valence-electron chi connectivity index (χ1n) is 5.17. The van der Waals surface area contributed by atoms with Crippen molar-refractivity contribution in [3.05, 3.63) is 11.8 Å². The number of nitrogens with zero attached hydrogens (tertiary/aromatic N) is 1. The molecule has 17 heavy (non-hydrogen) atoms. The maximum atomic E-state index is 12.0. The zero-order valence-electron chi connectivity index (χ0n) is 11.2. The lowest BCUT2D eigenvalue weighted by molar-refractivity contribution is -0.150. The average molecular weight is 241 g/mol. The standard InChI is InChI=1S/C12H19NO4/c1-12(2,3)10(15)8(7-13(4)5)9(14)11(16)17-6/h7H,1-6H3/b8-7+. The van der Waals surface area contributed by atoms with Crippen LogP contribution in [-0.2, 0) is 19.1 Å². The van der Waals surface area contributed by atoms with Crippen LogP contribution in [-0.4, -0.2) is 43.6 Å². The molecule has 0 saturated heterocycles. The molecule has 0 heterocycles. The number of hydrogen-bond acceptors (Lipinski definition) is 5. The molecule has 0 unspecified atom stereocenters. The van der Waals surface area contributed by atoms with Crippen LogP contribution in [0.2, 0.25) is 0 Å². The number of ketones is 2. The lowest BCUT2D eigenvalue weighted by Crippen LogP contribution is -2.31. The van der Waals surface area contributed by atoms with Crippen LogP contribution < -0.4 is 0 Å². The minimum absolute atomic E-state index is 0.158. The number of methoxy groups -OCH3 is 1. The number of carbonyl (C=O) groups excluding carboxylic acids is 3. The van der Waals surface area contributed by atoms with Gasteiger partial charge in [-0.15, -0.1) is 0 Å². The molecule has 96 valence electrons. The van der Waals surface area contributed by atoms with Gasteiger partial charge in [0.05, 0.1) is 12.7 Å².